The van der Waals surface area contributed by atoms with Gasteiger partial charge >= 0.3 is 15.5 Å². The van der Waals surface area contributed by atoms with Crippen LogP contribution >= 0.6 is 0 Å². The van der Waals surface area contributed by atoms with Gasteiger partial charge in [0.2, 0.25) is 0 Å². The zero-order valence-electron chi connectivity index (χ0n) is 8.42. The Morgan fingerprint density at radius 3 is 2.50 bits per heavy atom. The van der Waals surface area contributed by atoms with E-state index in [0.717, 1.165) is 24.8 Å². The van der Waals surface area contributed by atoms with Crippen molar-refractivity contribution in [2.24, 2.45) is 11.8 Å². The number of sulfonamides is 1. The molecule has 0 saturated heterocycles. The van der Waals surface area contributed by atoms with E-state index in [2.05, 4.69) is 0 Å². The molecule has 3 nitrogen and oxygen atoms in total. The molecule has 0 heterocycles. The molecule has 0 aromatic carbocycles. The van der Waals surface area contributed by atoms with E-state index in [1.807, 2.05) is 6.08 Å². The van der Waals surface area contributed by atoms with E-state index >= 15 is 0 Å². The highest BCUT2D eigenvalue weighted by molar-refractivity contribution is 7.90. The summed E-state index contributed by atoms with van der Waals surface area (Å²) in [6, 6.07) is 0. The molecule has 0 radical (unpaired) electrons. The molecule has 0 aromatic heterocycles. The van der Waals surface area contributed by atoms with E-state index < -0.39 is 15.5 Å². The molecular formula is C9H12F3NO2S. The Balaban J connectivity index is 1.97. The van der Waals surface area contributed by atoms with Crippen LogP contribution in [0.15, 0.2) is 11.6 Å². The first-order chi connectivity index (χ1) is 7.29. The van der Waals surface area contributed by atoms with E-state index in [0.29, 0.717) is 5.92 Å². The minimum atomic E-state index is -5.22. The first-order valence-electron chi connectivity index (χ1n) is 5.06. The number of hydrogen-bond donors (Lipinski definition) is 1. The highest BCUT2D eigenvalue weighted by atomic mass is 32.2. The van der Waals surface area contributed by atoms with Crippen molar-refractivity contribution >= 4 is 10.0 Å². The molecule has 2 bridgehead atoms. The Morgan fingerprint density at radius 2 is 2.06 bits per heavy atom. The van der Waals surface area contributed by atoms with E-state index in [-0.39, 0.29) is 12.5 Å². The number of fused-ring (bicyclic) bond motifs is 2. The average molecular weight is 255 g/mol. The molecule has 1 fully saturated rings. The van der Waals surface area contributed by atoms with Crippen molar-refractivity contribution in [1.29, 1.82) is 0 Å². The van der Waals surface area contributed by atoms with E-state index in [4.69, 9.17) is 0 Å². The van der Waals surface area contributed by atoms with Gasteiger partial charge in [-0.1, -0.05) is 11.6 Å². The lowest BCUT2D eigenvalue weighted by Gasteiger charge is -2.15. The Hall–Kier alpha value is -0.560. The molecule has 0 aliphatic heterocycles. The number of hydrogen-bond acceptors (Lipinski definition) is 2. The molecule has 2 unspecified atom stereocenters. The molecule has 2 aliphatic rings. The highest BCUT2D eigenvalue weighted by Gasteiger charge is 2.46. The van der Waals surface area contributed by atoms with Crippen LogP contribution in [0, 0.1) is 11.8 Å². The van der Waals surface area contributed by atoms with Crippen LogP contribution in [0.4, 0.5) is 13.2 Å². The number of nitrogens with one attached hydrogen (secondary N) is 1. The van der Waals surface area contributed by atoms with E-state index in [9.17, 15) is 21.6 Å². The van der Waals surface area contributed by atoms with Crippen molar-refractivity contribution in [2.45, 2.75) is 24.8 Å². The number of allylic oxidation sites excluding steroid dienone is 1. The monoisotopic (exact) mass is 255 g/mol. The van der Waals surface area contributed by atoms with Crippen molar-refractivity contribution in [1.82, 2.24) is 4.72 Å². The zero-order valence-corrected chi connectivity index (χ0v) is 9.24. The van der Waals surface area contributed by atoms with Crippen molar-refractivity contribution < 1.29 is 21.6 Å². The lowest BCUT2D eigenvalue weighted by atomic mass is 9.99. The third-order valence-electron chi connectivity index (χ3n) is 3.22. The Labute approximate surface area is 91.8 Å². The summed E-state index contributed by atoms with van der Waals surface area (Å²) in [6.07, 6.45) is 4.90. The fourth-order valence-electron chi connectivity index (χ4n) is 2.41. The standard InChI is InChI=1S/C9H12F3NO2S/c10-9(11,12)16(14,15)13-5-8-4-6-1-2-7(8)3-6/h4,6-7,13H,1-3,5H2. The third-order valence-corrected chi connectivity index (χ3v) is 4.35. The van der Waals surface area contributed by atoms with Crippen LogP contribution < -0.4 is 4.72 Å². The van der Waals surface area contributed by atoms with Crippen molar-refractivity contribution in [3.8, 4) is 0 Å². The fourth-order valence-corrected chi connectivity index (χ4v) is 2.93. The molecule has 1 saturated carbocycles. The van der Waals surface area contributed by atoms with Crippen LogP contribution in [0.1, 0.15) is 19.3 Å². The molecule has 0 aromatic rings. The second-order valence-corrected chi connectivity index (χ2v) is 6.04. The lowest BCUT2D eigenvalue weighted by molar-refractivity contribution is -0.0447. The Morgan fingerprint density at radius 1 is 1.38 bits per heavy atom. The van der Waals surface area contributed by atoms with Gasteiger partial charge in [-0.3, -0.25) is 0 Å². The maximum absolute atomic E-state index is 12.0. The van der Waals surface area contributed by atoms with Crippen molar-refractivity contribution in [3.05, 3.63) is 11.6 Å². The highest BCUT2D eigenvalue weighted by Crippen LogP contribution is 2.43. The van der Waals surface area contributed by atoms with Crippen LogP contribution in [0.2, 0.25) is 0 Å². The van der Waals surface area contributed by atoms with E-state index in [1.54, 1.807) is 4.72 Å². The Kier molecular flexibility index (Phi) is 2.78. The van der Waals surface area contributed by atoms with Gasteiger partial charge in [0.25, 0.3) is 0 Å². The number of halogens is 3. The summed E-state index contributed by atoms with van der Waals surface area (Å²) in [6.45, 7) is -0.205. The van der Waals surface area contributed by atoms with E-state index in [1.165, 1.54) is 0 Å². The summed E-state index contributed by atoms with van der Waals surface area (Å²) < 4.78 is 59.2. The second-order valence-electron chi connectivity index (χ2n) is 4.28. The summed E-state index contributed by atoms with van der Waals surface area (Å²) in [5.41, 5.74) is -4.41. The molecular weight excluding hydrogens is 243 g/mol. The predicted molar refractivity (Wildman–Crippen MR) is 51.9 cm³/mol. The smallest absolute Gasteiger partial charge is 0.203 e. The minimum Gasteiger partial charge on any atom is -0.203 e. The summed E-state index contributed by atoms with van der Waals surface area (Å²) in [5.74, 6) is 0.719. The fraction of sp³-hybridized carbons (Fsp3) is 0.778. The van der Waals surface area contributed by atoms with Crippen molar-refractivity contribution in [2.75, 3.05) is 6.54 Å². The average Bonchev–Trinajstić information content (AvgIpc) is 2.73. The van der Waals surface area contributed by atoms with Crippen molar-refractivity contribution in [3.63, 3.8) is 0 Å². The van der Waals surface area contributed by atoms with Gasteiger partial charge in [-0.2, -0.15) is 13.2 Å². The van der Waals surface area contributed by atoms with Gasteiger partial charge in [0.05, 0.1) is 0 Å². The van der Waals surface area contributed by atoms with Gasteiger partial charge in [-0.15, -0.1) is 0 Å². The third kappa shape index (κ3) is 2.10. The molecule has 2 atom stereocenters. The molecule has 0 spiro atoms. The molecule has 0 amide bonds. The molecule has 16 heavy (non-hydrogen) atoms. The second kappa shape index (κ2) is 3.73. The molecule has 2 rings (SSSR count). The first kappa shape index (κ1) is 11.9. The predicted octanol–water partition coefficient (Wildman–Crippen LogP) is 1.78. The van der Waals surface area contributed by atoms with Crippen LogP contribution in [0.5, 0.6) is 0 Å². The van der Waals surface area contributed by atoms with Crippen LogP contribution in [0.25, 0.3) is 0 Å². The molecule has 2 aliphatic carbocycles. The molecule has 92 valence electrons. The summed E-state index contributed by atoms with van der Waals surface area (Å²) in [7, 11) is -5.19. The van der Waals surface area contributed by atoms with Crippen LogP contribution in [-0.2, 0) is 10.0 Å². The van der Waals surface area contributed by atoms with Gasteiger partial charge < -0.3 is 0 Å². The van der Waals surface area contributed by atoms with Crippen LogP contribution in [0.3, 0.4) is 0 Å². The molecule has 7 heteroatoms. The first-order valence-corrected chi connectivity index (χ1v) is 6.54. The lowest BCUT2D eigenvalue weighted by Crippen LogP contribution is -2.37. The maximum Gasteiger partial charge on any atom is 0.511 e. The van der Waals surface area contributed by atoms with Crippen LogP contribution in [-0.4, -0.2) is 20.5 Å². The molecule has 1 N–H and O–H groups in total. The number of rotatable bonds is 3. The number of alkyl halides is 3. The van der Waals surface area contributed by atoms with Gasteiger partial charge in [0, 0.05) is 6.54 Å². The maximum atomic E-state index is 12.0. The van der Waals surface area contributed by atoms with Gasteiger partial charge in [-0.05, 0) is 31.1 Å². The normalized spacial score (nSPS) is 29.6. The largest absolute Gasteiger partial charge is 0.511 e. The Bertz CT molecular complexity index is 413. The topological polar surface area (TPSA) is 46.2 Å². The summed E-state index contributed by atoms with van der Waals surface area (Å²) in [4.78, 5) is 0. The van der Waals surface area contributed by atoms with Gasteiger partial charge in [0.15, 0.2) is 0 Å². The minimum absolute atomic E-state index is 0.205. The summed E-state index contributed by atoms with van der Waals surface area (Å²) in [5, 5.41) is 0. The van der Waals surface area contributed by atoms with Gasteiger partial charge in [0.1, 0.15) is 0 Å². The zero-order chi connectivity index (χ0) is 12.0. The summed E-state index contributed by atoms with van der Waals surface area (Å²) >= 11 is 0. The SMILES string of the molecule is O=S(=O)(NCC1=CC2CCC1C2)C(F)(F)F. The quantitative estimate of drug-likeness (QED) is 0.781. The van der Waals surface area contributed by atoms with Gasteiger partial charge in [-0.25, -0.2) is 13.1 Å².